The summed E-state index contributed by atoms with van der Waals surface area (Å²) in [6, 6.07) is 54.2. The lowest BCUT2D eigenvalue weighted by Crippen LogP contribution is -2.42. The summed E-state index contributed by atoms with van der Waals surface area (Å²) in [7, 11) is 0. The van der Waals surface area contributed by atoms with E-state index in [1.807, 2.05) is 104 Å². The van der Waals surface area contributed by atoms with Crippen LogP contribution in [0, 0.1) is 27.7 Å². The van der Waals surface area contributed by atoms with Crippen molar-refractivity contribution < 1.29 is 26.7 Å². The van der Waals surface area contributed by atoms with Crippen molar-refractivity contribution >= 4 is 56.7 Å². The number of anilines is 6. The minimum absolute atomic E-state index is 0.514. The number of fused-ring (bicyclic) bond motifs is 4. The van der Waals surface area contributed by atoms with Gasteiger partial charge < -0.3 is 9.80 Å². The highest BCUT2D eigenvalue weighted by molar-refractivity contribution is 5.98. The van der Waals surface area contributed by atoms with Gasteiger partial charge in [0.05, 0.1) is 22.5 Å². The topological polar surface area (TPSA) is 22.4 Å². The largest absolute Gasteiger partial charge is 0.565 e. The zero-order valence-electron chi connectivity index (χ0n) is 45.8. The molecule has 0 atom stereocenters. The molecule has 0 spiro atoms. The van der Waals surface area contributed by atoms with Gasteiger partial charge in [0, 0.05) is 82.7 Å². The molecule has 0 saturated carbocycles. The van der Waals surface area contributed by atoms with E-state index in [0.29, 0.717) is 58.4 Å². The second kappa shape index (κ2) is 18.6. The fourth-order valence-electron chi connectivity index (χ4n) is 13.2. The fraction of sp³-hybridized carbons (Fsp3) is 0.206. The number of rotatable bonds is 11. The van der Waals surface area contributed by atoms with Gasteiger partial charge in [-0.3, -0.25) is 0 Å². The van der Waals surface area contributed by atoms with Gasteiger partial charge in [0.15, 0.2) is 11.4 Å². The molecule has 12 rings (SSSR count). The Balaban J connectivity index is 0.925. The first kappa shape index (κ1) is 50.3. The van der Waals surface area contributed by atoms with Crippen molar-refractivity contribution in [1.29, 1.82) is 0 Å². The van der Waals surface area contributed by atoms with Crippen LogP contribution in [0.3, 0.4) is 0 Å². The maximum Gasteiger partial charge on any atom is 0.565 e. The predicted octanol–water partition coefficient (Wildman–Crippen LogP) is 17.7. The first-order valence-electron chi connectivity index (χ1n) is 26.9. The van der Waals surface area contributed by atoms with Gasteiger partial charge in [-0.2, -0.15) is 0 Å². The van der Waals surface area contributed by atoms with E-state index in [2.05, 4.69) is 131 Å². The molecule has 0 aliphatic carbocycles. The molecule has 0 bridgehead atoms. The maximum atomic E-state index is 16.8. The average molecular weight is 1040 g/mol. The number of hydrogen-bond acceptors (Lipinski definition) is 2. The molecule has 4 aliphatic rings. The van der Waals surface area contributed by atoms with Crippen molar-refractivity contribution in [3.63, 3.8) is 0 Å². The number of nitrogens with zero attached hydrogens (tertiary/aromatic N) is 6. The Morgan fingerprint density at radius 1 is 0.397 bits per heavy atom. The summed E-state index contributed by atoms with van der Waals surface area (Å²) in [5.41, 5.74) is 20.7. The predicted molar refractivity (Wildman–Crippen MR) is 310 cm³/mol. The normalized spacial score (nSPS) is 16.1. The Hall–Kier alpha value is -8.50. The third-order valence-electron chi connectivity index (χ3n) is 16.5. The number of para-hydroxylation sites is 2. The number of allylic oxidation sites excluding steroid dienone is 4. The average Bonchev–Trinajstić information content (AvgIpc) is 3.99. The number of halogens is 4. The summed E-state index contributed by atoms with van der Waals surface area (Å²) in [5.74, 6) is 0. The van der Waals surface area contributed by atoms with Gasteiger partial charge in [0.25, 0.3) is 0 Å². The van der Waals surface area contributed by atoms with Crippen LogP contribution >= 0.6 is 0 Å². The molecule has 0 N–H and O–H groups in total. The molecule has 0 saturated heterocycles. The van der Waals surface area contributed by atoms with E-state index in [1.54, 1.807) is 13.8 Å². The van der Waals surface area contributed by atoms with E-state index >= 15 is 17.6 Å². The monoisotopic (exact) mass is 1040 g/mol. The third-order valence-corrected chi connectivity index (χ3v) is 16.5. The first-order valence-corrected chi connectivity index (χ1v) is 26.9. The summed E-state index contributed by atoms with van der Waals surface area (Å²) in [6.07, 6.45) is -1.51. The van der Waals surface area contributed by atoms with Crippen LogP contribution in [-0.2, 0) is 25.2 Å². The van der Waals surface area contributed by atoms with E-state index in [-0.39, 0.29) is 0 Å². The summed E-state index contributed by atoms with van der Waals surface area (Å²) < 4.78 is 71.9. The van der Waals surface area contributed by atoms with Crippen LogP contribution < -0.4 is 9.80 Å². The quantitative estimate of drug-likeness (QED) is 0.0732. The van der Waals surface area contributed by atoms with Crippen LogP contribution in [0.2, 0.25) is 0 Å². The Bertz CT molecular complexity index is 3730. The van der Waals surface area contributed by atoms with Crippen LogP contribution in [0.25, 0.3) is 22.3 Å². The van der Waals surface area contributed by atoms with Crippen LogP contribution in [-0.4, -0.2) is 29.7 Å². The van der Waals surface area contributed by atoms with Gasteiger partial charge in [0.2, 0.25) is 11.4 Å². The van der Waals surface area contributed by atoms with E-state index < -0.39 is 12.3 Å². The Labute approximate surface area is 454 Å². The third kappa shape index (κ3) is 7.50. The number of benzene rings is 6. The zero-order chi connectivity index (χ0) is 54.7. The molecule has 8 aromatic rings. The van der Waals surface area contributed by atoms with E-state index in [4.69, 9.17) is 0 Å². The van der Waals surface area contributed by atoms with Crippen LogP contribution in [0.5, 0.6) is 0 Å². The molecule has 10 heteroatoms. The highest BCUT2D eigenvalue weighted by Crippen LogP contribution is 2.51. The molecular weight excluding hydrogens is 977 g/mol. The molecule has 6 nitrogen and oxygen atoms in total. The number of alkyl halides is 4. The van der Waals surface area contributed by atoms with Gasteiger partial charge in [-0.25, -0.2) is 9.13 Å². The summed E-state index contributed by atoms with van der Waals surface area (Å²) >= 11 is 0. The lowest BCUT2D eigenvalue weighted by molar-refractivity contribution is -0.676. The van der Waals surface area contributed by atoms with Crippen molar-refractivity contribution in [2.24, 2.45) is 0 Å². The summed E-state index contributed by atoms with van der Waals surface area (Å²) in [4.78, 5) is 4.46. The second-order valence-corrected chi connectivity index (χ2v) is 21.1. The lowest BCUT2D eigenvalue weighted by atomic mass is 9.93. The molecule has 0 radical (unpaired) electrons. The van der Waals surface area contributed by atoms with Crippen LogP contribution in [0.1, 0.15) is 97.7 Å². The smallest absolute Gasteiger partial charge is 0.310 e. The molecule has 0 fully saturated rings. The maximum absolute atomic E-state index is 16.8. The van der Waals surface area contributed by atoms with Gasteiger partial charge >= 0.3 is 12.3 Å². The van der Waals surface area contributed by atoms with Crippen molar-refractivity contribution in [1.82, 2.24) is 9.13 Å². The van der Waals surface area contributed by atoms with Gasteiger partial charge in [-0.05, 0) is 172 Å². The Morgan fingerprint density at radius 3 is 1.08 bits per heavy atom. The minimum atomic E-state index is -3.27. The summed E-state index contributed by atoms with van der Waals surface area (Å²) in [5, 5.41) is 0. The molecule has 4 aliphatic heterocycles. The van der Waals surface area contributed by atoms with Gasteiger partial charge in [-0.1, -0.05) is 98.8 Å². The van der Waals surface area contributed by atoms with E-state index in [1.165, 1.54) is 18.3 Å². The van der Waals surface area contributed by atoms with Crippen molar-refractivity contribution in [2.45, 2.75) is 94.4 Å². The molecular formula is C68H62F4N6+2. The Morgan fingerprint density at radius 2 is 0.731 bits per heavy atom. The van der Waals surface area contributed by atoms with Crippen LogP contribution in [0.4, 0.5) is 51.7 Å². The molecule has 78 heavy (non-hydrogen) atoms. The highest BCUT2D eigenvalue weighted by atomic mass is 19.3. The van der Waals surface area contributed by atoms with Crippen molar-refractivity contribution in [3.05, 3.63) is 249 Å². The van der Waals surface area contributed by atoms with E-state index in [9.17, 15) is 0 Å². The molecule has 6 heterocycles. The zero-order valence-corrected chi connectivity index (χ0v) is 45.8. The fourth-order valence-corrected chi connectivity index (χ4v) is 13.2. The molecule has 6 aromatic carbocycles. The lowest BCUT2D eigenvalue weighted by Gasteiger charge is -2.29. The highest BCUT2D eigenvalue weighted by Gasteiger charge is 2.59. The van der Waals surface area contributed by atoms with Gasteiger partial charge in [0.1, 0.15) is 0 Å². The molecule has 2 aromatic heterocycles. The first-order chi connectivity index (χ1) is 37.5. The number of aromatic nitrogens is 2. The van der Waals surface area contributed by atoms with Crippen molar-refractivity contribution in [3.8, 4) is 11.1 Å². The Kier molecular flexibility index (Phi) is 12.0. The van der Waals surface area contributed by atoms with Crippen molar-refractivity contribution in [2.75, 3.05) is 9.80 Å². The van der Waals surface area contributed by atoms with E-state index in [0.717, 1.165) is 101 Å². The molecule has 0 unspecified atom stereocenters. The van der Waals surface area contributed by atoms with Gasteiger partial charge in [-0.15, -0.1) is 26.7 Å². The molecule has 0 amide bonds. The SMILES string of the molecule is CCc1c(C)c2n(c1C)C(F)(F)[N+]1=C(C)C=C(C)C1=C2c1ccc(N(c2ccccc2)c2cccc(-c3cccc(N(c4ccccc4)c4ccc(C5=C6C(C)=CC(C)=[N+]6C(F)(F)n6c(C)c(CC)c(C)c65)cc4)c3)c2)cc1. The standard InChI is InChI=1S/C68H62F4N6/c1-11-59-45(7)65-61(63-41(3)37-43(5)75(63)67(69,70)77(65)47(59)9)49-29-33-55(34-30-49)73(53-23-15-13-16-24-53)57-27-19-21-51(39-57)52-22-20-28-58(40-52)74(54-25-17-14-18-26-54)56-35-31-50(32-36-56)62-64-42(4)38-44(6)76(64)68(71,72)78-48(10)60(12-2)46(8)66(62)78/h13-40H,11-12H2,1-10H3/q+2. The molecule has 390 valence electrons. The second-order valence-electron chi connectivity index (χ2n) is 21.1. The summed E-state index contributed by atoms with van der Waals surface area (Å²) in [6.45, 7) is 19.0. The number of hydrogen-bond donors (Lipinski definition) is 0. The minimum Gasteiger partial charge on any atom is -0.310 e. The van der Waals surface area contributed by atoms with Crippen LogP contribution in [0.15, 0.2) is 192 Å².